The Morgan fingerprint density at radius 3 is 2.45 bits per heavy atom. The molecule has 150 valence electrons. The highest BCUT2D eigenvalue weighted by Gasteiger charge is 2.35. The number of morpholine rings is 1. The molecule has 1 fully saturated rings. The number of fused-ring (bicyclic) bond motifs is 1. The van der Waals surface area contributed by atoms with Crippen LogP contribution in [0.2, 0.25) is 0 Å². The average molecular weight is 400 g/mol. The van der Waals surface area contributed by atoms with Gasteiger partial charge in [0.1, 0.15) is 0 Å². The number of carbonyl (C=O) groups is 1. The van der Waals surface area contributed by atoms with Crippen molar-refractivity contribution < 1.29 is 22.7 Å². The van der Waals surface area contributed by atoms with Crippen molar-refractivity contribution >= 4 is 28.1 Å². The van der Waals surface area contributed by atoms with Crippen molar-refractivity contribution in [2.24, 2.45) is 0 Å². The Morgan fingerprint density at radius 1 is 0.966 bits per heavy atom. The molecule has 0 radical (unpaired) electrons. The van der Waals surface area contributed by atoms with Gasteiger partial charge in [0.05, 0.1) is 24.5 Å². The van der Waals surface area contributed by atoms with E-state index in [1.54, 1.807) is 30.3 Å². The van der Waals surface area contributed by atoms with Crippen LogP contribution in [0.1, 0.15) is 15.9 Å². The van der Waals surface area contributed by atoms with Crippen LogP contribution in [0, 0.1) is 0 Å². The van der Waals surface area contributed by atoms with E-state index in [4.69, 9.17) is 4.74 Å². The Morgan fingerprint density at radius 2 is 1.69 bits per heavy atom. The standard InChI is InChI=1S/C22H19F3N2O2/c23-22(24,25)19-14-16(27-10-12-29-13-11-27)8-9-20(19)26-21(28)18-7-3-5-15-4-1-2-6-17(15)18/h1-9,14H,10-13H2,(H,26,28). The van der Waals surface area contributed by atoms with Crippen molar-refractivity contribution in [1.82, 2.24) is 0 Å². The van der Waals surface area contributed by atoms with E-state index in [2.05, 4.69) is 5.32 Å². The predicted molar refractivity (Wildman–Crippen MR) is 106 cm³/mol. The highest BCUT2D eigenvalue weighted by Crippen LogP contribution is 2.38. The number of anilines is 2. The summed E-state index contributed by atoms with van der Waals surface area (Å²) in [4.78, 5) is 14.6. The Labute approximate surface area is 165 Å². The number of hydrogen-bond acceptors (Lipinski definition) is 3. The Hall–Kier alpha value is -3.06. The van der Waals surface area contributed by atoms with Gasteiger partial charge < -0.3 is 15.0 Å². The maximum atomic E-state index is 13.7. The zero-order valence-electron chi connectivity index (χ0n) is 15.5. The second kappa shape index (κ2) is 7.75. The van der Waals surface area contributed by atoms with Crippen molar-refractivity contribution in [1.29, 1.82) is 0 Å². The van der Waals surface area contributed by atoms with Crippen LogP contribution < -0.4 is 10.2 Å². The van der Waals surface area contributed by atoms with Gasteiger partial charge in [-0.15, -0.1) is 0 Å². The highest BCUT2D eigenvalue weighted by molar-refractivity contribution is 6.13. The highest BCUT2D eigenvalue weighted by atomic mass is 19.4. The molecule has 1 aliphatic rings. The first-order valence-corrected chi connectivity index (χ1v) is 9.26. The van der Waals surface area contributed by atoms with E-state index < -0.39 is 17.6 Å². The molecule has 7 heteroatoms. The topological polar surface area (TPSA) is 41.6 Å². The molecule has 4 rings (SSSR count). The Bertz CT molecular complexity index is 1040. The van der Waals surface area contributed by atoms with E-state index in [0.717, 1.165) is 11.5 Å². The smallest absolute Gasteiger partial charge is 0.378 e. The summed E-state index contributed by atoms with van der Waals surface area (Å²) in [6, 6.07) is 16.4. The first-order valence-electron chi connectivity index (χ1n) is 9.26. The van der Waals surface area contributed by atoms with Crippen LogP contribution in [0.3, 0.4) is 0 Å². The van der Waals surface area contributed by atoms with Crippen LogP contribution >= 0.6 is 0 Å². The quantitative estimate of drug-likeness (QED) is 0.677. The third kappa shape index (κ3) is 4.05. The number of halogens is 3. The summed E-state index contributed by atoms with van der Waals surface area (Å²) in [6.07, 6.45) is -4.59. The van der Waals surface area contributed by atoms with E-state index >= 15 is 0 Å². The number of ether oxygens (including phenoxy) is 1. The molecule has 1 amide bonds. The normalized spacial score (nSPS) is 14.8. The number of nitrogens with zero attached hydrogens (tertiary/aromatic N) is 1. The summed E-state index contributed by atoms with van der Waals surface area (Å²) >= 11 is 0. The molecule has 0 spiro atoms. The van der Waals surface area contributed by atoms with E-state index in [0.29, 0.717) is 42.9 Å². The van der Waals surface area contributed by atoms with Crippen molar-refractivity contribution in [3.8, 4) is 0 Å². The van der Waals surface area contributed by atoms with E-state index in [1.165, 1.54) is 6.07 Å². The summed E-state index contributed by atoms with van der Waals surface area (Å²) in [7, 11) is 0. The molecule has 0 aliphatic carbocycles. The van der Waals surface area contributed by atoms with Gasteiger partial charge in [-0.25, -0.2) is 0 Å². The maximum absolute atomic E-state index is 13.7. The summed E-state index contributed by atoms with van der Waals surface area (Å²) < 4.78 is 46.4. The molecule has 3 aromatic rings. The first-order chi connectivity index (χ1) is 13.9. The maximum Gasteiger partial charge on any atom is 0.418 e. The van der Waals surface area contributed by atoms with Gasteiger partial charge in [0.2, 0.25) is 0 Å². The molecule has 1 heterocycles. The molecule has 0 atom stereocenters. The summed E-state index contributed by atoms with van der Waals surface area (Å²) in [6.45, 7) is 2.00. The van der Waals surface area contributed by atoms with E-state index in [1.807, 2.05) is 23.1 Å². The lowest BCUT2D eigenvalue weighted by molar-refractivity contribution is -0.136. The summed E-state index contributed by atoms with van der Waals surface area (Å²) in [5.74, 6) is -0.577. The Kier molecular flexibility index (Phi) is 5.15. The molecule has 0 saturated carbocycles. The first kappa shape index (κ1) is 19.3. The largest absolute Gasteiger partial charge is 0.418 e. The van der Waals surface area contributed by atoms with Crippen molar-refractivity contribution in [3.05, 3.63) is 71.8 Å². The van der Waals surface area contributed by atoms with Crippen LogP contribution in [0.4, 0.5) is 24.5 Å². The minimum atomic E-state index is -4.59. The summed E-state index contributed by atoms with van der Waals surface area (Å²) in [5.41, 5.74) is -0.334. The van der Waals surface area contributed by atoms with Crippen molar-refractivity contribution in [3.63, 3.8) is 0 Å². The van der Waals surface area contributed by atoms with Crippen LogP contribution in [0.15, 0.2) is 60.7 Å². The number of hydrogen-bond donors (Lipinski definition) is 1. The SMILES string of the molecule is O=C(Nc1ccc(N2CCOCC2)cc1C(F)(F)F)c1cccc2ccccc12. The molecule has 1 saturated heterocycles. The monoisotopic (exact) mass is 400 g/mol. The predicted octanol–water partition coefficient (Wildman–Crippen LogP) is 4.95. The van der Waals surface area contributed by atoms with Crippen molar-refractivity contribution in [2.45, 2.75) is 6.18 Å². The number of nitrogens with one attached hydrogen (secondary N) is 1. The lowest BCUT2D eigenvalue weighted by Crippen LogP contribution is -2.36. The molecule has 4 nitrogen and oxygen atoms in total. The van der Waals surface area contributed by atoms with Gasteiger partial charge in [-0.3, -0.25) is 4.79 Å². The number of benzene rings is 3. The molecule has 0 bridgehead atoms. The third-order valence-electron chi connectivity index (χ3n) is 4.97. The van der Waals surface area contributed by atoms with Crippen LogP contribution in [-0.2, 0) is 10.9 Å². The molecule has 0 aromatic heterocycles. The van der Waals surface area contributed by atoms with Gasteiger partial charge in [-0.1, -0.05) is 36.4 Å². The molecule has 1 aliphatic heterocycles. The second-order valence-corrected chi connectivity index (χ2v) is 6.81. The van der Waals surface area contributed by atoms with E-state index in [9.17, 15) is 18.0 Å². The molecular weight excluding hydrogens is 381 g/mol. The van der Waals surface area contributed by atoms with Crippen LogP contribution in [-0.4, -0.2) is 32.2 Å². The minimum Gasteiger partial charge on any atom is -0.378 e. The van der Waals surface area contributed by atoms with Crippen LogP contribution in [0.25, 0.3) is 10.8 Å². The summed E-state index contributed by atoms with van der Waals surface area (Å²) in [5, 5.41) is 3.99. The zero-order valence-corrected chi connectivity index (χ0v) is 15.5. The van der Waals surface area contributed by atoms with Gasteiger partial charge in [0, 0.05) is 24.3 Å². The molecule has 1 N–H and O–H groups in total. The van der Waals surface area contributed by atoms with Crippen molar-refractivity contribution in [2.75, 3.05) is 36.5 Å². The fourth-order valence-corrected chi connectivity index (χ4v) is 3.51. The van der Waals surface area contributed by atoms with Gasteiger partial charge in [-0.2, -0.15) is 13.2 Å². The molecule has 3 aromatic carbocycles. The zero-order chi connectivity index (χ0) is 20.4. The molecule has 29 heavy (non-hydrogen) atoms. The van der Waals surface area contributed by atoms with E-state index in [-0.39, 0.29) is 5.69 Å². The van der Waals surface area contributed by atoms with Gasteiger partial charge in [0.15, 0.2) is 0 Å². The third-order valence-corrected chi connectivity index (χ3v) is 4.97. The van der Waals surface area contributed by atoms with Gasteiger partial charge >= 0.3 is 6.18 Å². The van der Waals surface area contributed by atoms with Gasteiger partial charge in [-0.05, 0) is 35.0 Å². The second-order valence-electron chi connectivity index (χ2n) is 6.81. The lowest BCUT2D eigenvalue weighted by Gasteiger charge is -2.29. The molecular formula is C22H19F3N2O2. The molecule has 0 unspecified atom stereocenters. The number of rotatable bonds is 3. The van der Waals surface area contributed by atoms with Crippen LogP contribution in [0.5, 0.6) is 0 Å². The lowest BCUT2D eigenvalue weighted by atomic mass is 10.0. The number of carbonyl (C=O) groups excluding carboxylic acids is 1. The van der Waals surface area contributed by atoms with Gasteiger partial charge in [0.25, 0.3) is 5.91 Å². The minimum absolute atomic E-state index is 0.257. The number of amides is 1. The fourth-order valence-electron chi connectivity index (χ4n) is 3.51. The fraction of sp³-hybridized carbons (Fsp3) is 0.227. The average Bonchev–Trinajstić information content (AvgIpc) is 2.73. The Balaban J connectivity index is 1.67. The number of alkyl halides is 3.